The second-order valence-corrected chi connectivity index (χ2v) is 9.08. The van der Waals surface area contributed by atoms with E-state index in [9.17, 15) is 18.5 Å². The summed E-state index contributed by atoms with van der Waals surface area (Å²) in [6, 6.07) is 12.5. The Hall–Kier alpha value is -2.98. The van der Waals surface area contributed by atoms with Gasteiger partial charge >= 0.3 is 0 Å². The van der Waals surface area contributed by atoms with Crippen molar-refractivity contribution in [3.05, 3.63) is 74.7 Å². The van der Waals surface area contributed by atoms with E-state index in [0.29, 0.717) is 12.2 Å². The van der Waals surface area contributed by atoms with Gasteiger partial charge in [0.1, 0.15) is 5.69 Å². The predicted octanol–water partition coefficient (Wildman–Crippen LogP) is 4.19. The summed E-state index contributed by atoms with van der Waals surface area (Å²) in [7, 11) is -3.95. The van der Waals surface area contributed by atoms with Crippen LogP contribution in [0.3, 0.4) is 0 Å². The van der Waals surface area contributed by atoms with E-state index in [0.717, 1.165) is 16.8 Å². The summed E-state index contributed by atoms with van der Waals surface area (Å²) < 4.78 is 27.4. The lowest BCUT2D eigenvalue weighted by Crippen LogP contribution is -2.30. The van der Waals surface area contributed by atoms with Gasteiger partial charge in [0.15, 0.2) is 0 Å². The van der Waals surface area contributed by atoms with Gasteiger partial charge in [-0.2, -0.15) is 0 Å². The standard InChI is InChI=1S/C19H20N4O4S2/c1-3-22(16-7-5-4-6-8-16)29(26,27)17-9-10-18(19(11-17)23(24)25)20-12-15-13-28-14(2)21-15/h4-11,13,20H,3,12H2,1-2H3. The number of anilines is 2. The molecular formula is C19H20N4O4S2. The maximum absolute atomic E-state index is 13.1. The molecule has 152 valence electrons. The fourth-order valence-electron chi connectivity index (χ4n) is 2.86. The Labute approximate surface area is 173 Å². The van der Waals surface area contributed by atoms with Crippen molar-refractivity contribution < 1.29 is 13.3 Å². The third-order valence-corrected chi connectivity index (χ3v) is 6.93. The lowest BCUT2D eigenvalue weighted by atomic mass is 10.2. The minimum Gasteiger partial charge on any atom is -0.374 e. The van der Waals surface area contributed by atoms with Crippen molar-refractivity contribution >= 4 is 38.4 Å². The first-order chi connectivity index (χ1) is 13.8. The highest BCUT2D eigenvalue weighted by Gasteiger charge is 2.27. The van der Waals surface area contributed by atoms with Crippen LogP contribution in [0.2, 0.25) is 0 Å². The number of hydrogen-bond acceptors (Lipinski definition) is 7. The molecule has 29 heavy (non-hydrogen) atoms. The second kappa shape index (κ2) is 8.58. The van der Waals surface area contributed by atoms with Crippen LogP contribution in [0.4, 0.5) is 17.1 Å². The number of aryl methyl sites for hydroxylation is 1. The molecule has 1 N–H and O–H groups in total. The quantitative estimate of drug-likeness (QED) is 0.423. The van der Waals surface area contributed by atoms with Crippen LogP contribution in [0.5, 0.6) is 0 Å². The van der Waals surface area contributed by atoms with E-state index in [1.807, 2.05) is 12.3 Å². The van der Waals surface area contributed by atoms with Gasteiger partial charge in [-0.25, -0.2) is 13.4 Å². The molecule has 0 aliphatic carbocycles. The van der Waals surface area contributed by atoms with Gasteiger partial charge in [-0.15, -0.1) is 11.3 Å². The molecule has 0 saturated heterocycles. The minimum absolute atomic E-state index is 0.134. The molecule has 10 heteroatoms. The smallest absolute Gasteiger partial charge is 0.293 e. The number of rotatable bonds is 8. The lowest BCUT2D eigenvalue weighted by Gasteiger charge is -2.23. The number of nitrogens with zero attached hydrogens (tertiary/aromatic N) is 3. The van der Waals surface area contributed by atoms with Gasteiger partial charge in [0.2, 0.25) is 0 Å². The molecule has 0 aliphatic rings. The number of thiazole rings is 1. The summed E-state index contributed by atoms with van der Waals surface area (Å²) in [6.07, 6.45) is 0. The molecule has 0 unspecified atom stereocenters. The molecule has 0 atom stereocenters. The highest BCUT2D eigenvalue weighted by Crippen LogP contribution is 2.31. The molecule has 0 amide bonds. The zero-order chi connectivity index (χ0) is 21.0. The van der Waals surface area contributed by atoms with Crippen LogP contribution < -0.4 is 9.62 Å². The van der Waals surface area contributed by atoms with E-state index in [-0.39, 0.29) is 22.8 Å². The van der Waals surface area contributed by atoms with E-state index in [1.54, 1.807) is 37.3 Å². The Balaban J connectivity index is 1.93. The zero-order valence-electron chi connectivity index (χ0n) is 15.9. The van der Waals surface area contributed by atoms with Gasteiger partial charge in [-0.1, -0.05) is 18.2 Å². The Morgan fingerprint density at radius 3 is 2.52 bits per heavy atom. The van der Waals surface area contributed by atoms with Crippen LogP contribution >= 0.6 is 11.3 Å². The summed E-state index contributed by atoms with van der Waals surface area (Å²) >= 11 is 1.49. The number of nitro benzene ring substituents is 1. The summed E-state index contributed by atoms with van der Waals surface area (Å²) in [5.74, 6) is 0. The van der Waals surface area contributed by atoms with Gasteiger partial charge in [-0.05, 0) is 38.1 Å². The number of hydrogen-bond donors (Lipinski definition) is 1. The summed E-state index contributed by atoms with van der Waals surface area (Å²) in [6.45, 7) is 4.10. The Bertz CT molecular complexity index is 1110. The van der Waals surface area contributed by atoms with Crippen molar-refractivity contribution in [2.45, 2.75) is 25.3 Å². The van der Waals surface area contributed by atoms with E-state index < -0.39 is 14.9 Å². The van der Waals surface area contributed by atoms with Crippen LogP contribution in [0.15, 0.2) is 58.8 Å². The second-order valence-electron chi connectivity index (χ2n) is 6.15. The number of benzene rings is 2. The highest BCUT2D eigenvalue weighted by atomic mass is 32.2. The summed E-state index contributed by atoms with van der Waals surface area (Å²) in [5.41, 5.74) is 1.20. The molecule has 3 aromatic rings. The summed E-state index contributed by atoms with van der Waals surface area (Å²) in [4.78, 5) is 15.2. The van der Waals surface area contributed by atoms with E-state index in [4.69, 9.17) is 0 Å². The molecule has 1 aromatic heterocycles. The van der Waals surface area contributed by atoms with Gasteiger partial charge in [0.05, 0.1) is 32.8 Å². The molecule has 1 heterocycles. The zero-order valence-corrected chi connectivity index (χ0v) is 17.5. The first kappa shape index (κ1) is 20.7. The third-order valence-electron chi connectivity index (χ3n) is 4.21. The molecule has 0 radical (unpaired) electrons. The van der Waals surface area contributed by atoms with Crippen molar-refractivity contribution in [2.24, 2.45) is 0 Å². The van der Waals surface area contributed by atoms with Gasteiger partial charge in [-0.3, -0.25) is 14.4 Å². The fourth-order valence-corrected chi connectivity index (χ4v) is 4.97. The molecule has 0 spiro atoms. The minimum atomic E-state index is -3.95. The molecule has 2 aromatic carbocycles. The SMILES string of the molecule is CCN(c1ccccc1)S(=O)(=O)c1ccc(NCc2csc(C)n2)c([N+](=O)[O-])c1. The normalized spacial score (nSPS) is 11.2. The number of nitrogens with one attached hydrogen (secondary N) is 1. The molecule has 0 fully saturated rings. The number of para-hydroxylation sites is 1. The molecule has 0 aliphatic heterocycles. The Kier molecular flexibility index (Phi) is 6.14. The van der Waals surface area contributed by atoms with Crippen LogP contribution in [0.1, 0.15) is 17.6 Å². The van der Waals surface area contributed by atoms with Gasteiger partial charge < -0.3 is 5.32 Å². The van der Waals surface area contributed by atoms with E-state index in [2.05, 4.69) is 10.3 Å². The molecular weight excluding hydrogens is 412 g/mol. The average Bonchev–Trinajstić information content (AvgIpc) is 3.12. The lowest BCUT2D eigenvalue weighted by molar-refractivity contribution is -0.384. The first-order valence-corrected chi connectivity index (χ1v) is 11.2. The molecule has 3 rings (SSSR count). The van der Waals surface area contributed by atoms with Crippen LogP contribution in [-0.2, 0) is 16.6 Å². The average molecular weight is 433 g/mol. The Morgan fingerprint density at radius 2 is 1.93 bits per heavy atom. The molecule has 0 saturated carbocycles. The predicted molar refractivity (Wildman–Crippen MR) is 114 cm³/mol. The number of nitro groups is 1. The molecule has 0 bridgehead atoms. The van der Waals surface area contributed by atoms with Crippen molar-refractivity contribution in [3.8, 4) is 0 Å². The largest absolute Gasteiger partial charge is 0.374 e. The molecule has 8 nitrogen and oxygen atoms in total. The summed E-state index contributed by atoms with van der Waals surface area (Å²) in [5, 5.41) is 17.3. The fraction of sp³-hybridized carbons (Fsp3) is 0.211. The van der Waals surface area contributed by atoms with Crippen LogP contribution in [0, 0.1) is 17.0 Å². The van der Waals surface area contributed by atoms with Crippen molar-refractivity contribution in [1.29, 1.82) is 0 Å². The van der Waals surface area contributed by atoms with Crippen LogP contribution in [-0.4, -0.2) is 24.9 Å². The first-order valence-electron chi connectivity index (χ1n) is 8.84. The maximum atomic E-state index is 13.1. The van der Waals surface area contributed by atoms with Crippen molar-refractivity contribution in [2.75, 3.05) is 16.2 Å². The van der Waals surface area contributed by atoms with Gasteiger partial charge in [0.25, 0.3) is 15.7 Å². The monoisotopic (exact) mass is 432 g/mol. The van der Waals surface area contributed by atoms with E-state index >= 15 is 0 Å². The number of aromatic nitrogens is 1. The van der Waals surface area contributed by atoms with Gasteiger partial charge in [0, 0.05) is 18.0 Å². The maximum Gasteiger partial charge on any atom is 0.293 e. The Morgan fingerprint density at radius 1 is 1.21 bits per heavy atom. The topological polar surface area (TPSA) is 105 Å². The third kappa shape index (κ3) is 4.54. The highest BCUT2D eigenvalue weighted by molar-refractivity contribution is 7.92. The van der Waals surface area contributed by atoms with Crippen LogP contribution in [0.25, 0.3) is 0 Å². The van der Waals surface area contributed by atoms with Crippen molar-refractivity contribution in [3.63, 3.8) is 0 Å². The number of sulfonamides is 1. The van der Waals surface area contributed by atoms with Crippen molar-refractivity contribution in [1.82, 2.24) is 4.98 Å². The van der Waals surface area contributed by atoms with E-state index in [1.165, 1.54) is 27.8 Å².